The van der Waals surface area contributed by atoms with Crippen LogP contribution in [0, 0.1) is 11.6 Å². The van der Waals surface area contributed by atoms with E-state index in [1.54, 1.807) is 13.8 Å². The van der Waals surface area contributed by atoms with Crippen LogP contribution in [0.2, 0.25) is 5.02 Å². The molecule has 0 fully saturated rings. The van der Waals surface area contributed by atoms with E-state index in [4.69, 9.17) is 26.4 Å². The second kappa shape index (κ2) is 6.77. The predicted octanol–water partition coefficient (Wildman–Crippen LogP) is 3.84. The topological polar surface area (TPSA) is 61.5 Å². The minimum absolute atomic E-state index is 0.0551. The van der Waals surface area contributed by atoms with Crippen LogP contribution in [0.25, 0.3) is 0 Å². The van der Waals surface area contributed by atoms with E-state index < -0.39 is 35.6 Å². The summed E-state index contributed by atoms with van der Waals surface area (Å²) in [6.07, 6.45) is 0. The molecule has 0 heterocycles. The molecule has 108 valence electrons. The smallest absolute Gasteiger partial charge is 0.314 e. The summed E-state index contributed by atoms with van der Waals surface area (Å²) < 4.78 is 49.5. The molecular weight excluding hydrogens is 299 g/mol. The summed E-state index contributed by atoms with van der Waals surface area (Å²) in [5.41, 5.74) is 5.30. The fourth-order valence-corrected chi connectivity index (χ4v) is 3.56. The quantitative estimate of drug-likeness (QED) is 0.640. The van der Waals surface area contributed by atoms with E-state index >= 15 is 0 Å². The summed E-state index contributed by atoms with van der Waals surface area (Å²) in [5.74, 6) is -3.21. The van der Waals surface area contributed by atoms with Crippen LogP contribution >= 0.6 is 19.2 Å². The summed E-state index contributed by atoms with van der Waals surface area (Å²) in [4.78, 5) is 0. The van der Waals surface area contributed by atoms with Crippen LogP contribution in [0.5, 0.6) is 0 Å². The zero-order chi connectivity index (χ0) is 14.6. The van der Waals surface area contributed by atoms with Gasteiger partial charge in [-0.2, -0.15) is 0 Å². The number of rotatable bonds is 6. The maximum atomic E-state index is 13.7. The monoisotopic (exact) mass is 313 g/mol. The summed E-state index contributed by atoms with van der Waals surface area (Å²) >= 11 is 5.67. The first-order valence-corrected chi connectivity index (χ1v) is 7.64. The molecule has 0 aliphatic heterocycles. The fraction of sp³-hybridized carbons (Fsp3) is 0.455. The molecule has 0 bridgehead atoms. The normalized spacial score (nSPS) is 13.6. The zero-order valence-electron chi connectivity index (χ0n) is 10.5. The van der Waals surface area contributed by atoms with Gasteiger partial charge in [0.05, 0.1) is 18.2 Å². The molecule has 0 unspecified atom stereocenters. The standard InChI is InChI=1S/C11H15ClF2NO3P/c1-3-17-19(16,18-4-2)11(15)9-7(13)5-6-8(14)10(9)12/h5-6,11H,3-4,15H2,1-2H3/t11-/m1/s1. The molecule has 0 aliphatic rings. The van der Waals surface area contributed by atoms with E-state index in [0.29, 0.717) is 0 Å². The van der Waals surface area contributed by atoms with Crippen LogP contribution in [0.4, 0.5) is 8.78 Å². The molecule has 0 spiro atoms. The Bertz CT molecular complexity index is 491. The molecule has 0 amide bonds. The Kier molecular flexibility index (Phi) is 5.89. The molecule has 19 heavy (non-hydrogen) atoms. The van der Waals surface area contributed by atoms with Crippen LogP contribution in [-0.4, -0.2) is 13.2 Å². The summed E-state index contributed by atoms with van der Waals surface area (Å²) in [7, 11) is -3.82. The highest BCUT2D eigenvalue weighted by Crippen LogP contribution is 2.59. The van der Waals surface area contributed by atoms with Crippen molar-refractivity contribution in [1.82, 2.24) is 0 Å². The Morgan fingerprint density at radius 2 is 1.74 bits per heavy atom. The number of halogens is 3. The molecule has 8 heteroatoms. The van der Waals surface area contributed by atoms with Gasteiger partial charge in [0, 0.05) is 5.56 Å². The van der Waals surface area contributed by atoms with Gasteiger partial charge >= 0.3 is 7.60 Å². The van der Waals surface area contributed by atoms with E-state index in [0.717, 1.165) is 12.1 Å². The van der Waals surface area contributed by atoms with Crippen molar-refractivity contribution in [3.05, 3.63) is 34.4 Å². The Morgan fingerprint density at radius 1 is 1.26 bits per heavy atom. The Morgan fingerprint density at radius 3 is 2.21 bits per heavy atom. The van der Waals surface area contributed by atoms with Crippen molar-refractivity contribution in [1.29, 1.82) is 0 Å². The average Bonchev–Trinajstić information content (AvgIpc) is 2.35. The van der Waals surface area contributed by atoms with Crippen molar-refractivity contribution < 1.29 is 22.4 Å². The third-order valence-electron chi connectivity index (χ3n) is 2.33. The molecule has 1 atom stereocenters. The lowest BCUT2D eigenvalue weighted by molar-refractivity contribution is 0.212. The van der Waals surface area contributed by atoms with Crippen molar-refractivity contribution in [2.24, 2.45) is 5.73 Å². The average molecular weight is 314 g/mol. The van der Waals surface area contributed by atoms with E-state index in [1.807, 2.05) is 0 Å². The van der Waals surface area contributed by atoms with Crippen LogP contribution in [-0.2, 0) is 13.6 Å². The Hall–Kier alpha value is -0.520. The minimum atomic E-state index is -3.82. The van der Waals surface area contributed by atoms with Crippen molar-refractivity contribution in [2.45, 2.75) is 19.6 Å². The van der Waals surface area contributed by atoms with Gasteiger partial charge in [0.15, 0.2) is 0 Å². The number of nitrogens with two attached hydrogens (primary N) is 1. The van der Waals surface area contributed by atoms with Crippen molar-refractivity contribution in [3.8, 4) is 0 Å². The van der Waals surface area contributed by atoms with E-state index in [1.165, 1.54) is 0 Å². The first kappa shape index (κ1) is 16.5. The Balaban J connectivity index is 3.28. The third-order valence-corrected chi connectivity index (χ3v) is 4.89. The maximum Gasteiger partial charge on any atom is 0.351 e. The van der Waals surface area contributed by atoms with E-state index in [-0.39, 0.29) is 13.2 Å². The molecule has 4 nitrogen and oxygen atoms in total. The van der Waals surface area contributed by atoms with Gasteiger partial charge in [-0.1, -0.05) is 11.6 Å². The lowest BCUT2D eigenvalue weighted by Gasteiger charge is -2.24. The van der Waals surface area contributed by atoms with Gasteiger partial charge in [-0.3, -0.25) is 4.57 Å². The summed E-state index contributed by atoms with van der Waals surface area (Å²) in [6, 6.07) is 1.72. The SMILES string of the molecule is CCOP(=O)(OCC)[C@@H](N)c1c(F)ccc(F)c1Cl. The van der Waals surface area contributed by atoms with Crippen molar-refractivity contribution in [2.75, 3.05) is 13.2 Å². The molecule has 1 rings (SSSR count). The molecule has 0 saturated heterocycles. The molecule has 0 radical (unpaired) electrons. The van der Waals surface area contributed by atoms with Gasteiger partial charge < -0.3 is 14.8 Å². The molecular formula is C11H15ClF2NO3P. The van der Waals surface area contributed by atoms with Crippen LogP contribution in [0.3, 0.4) is 0 Å². The van der Waals surface area contributed by atoms with Gasteiger partial charge in [0.2, 0.25) is 0 Å². The van der Waals surface area contributed by atoms with Crippen LogP contribution in [0.1, 0.15) is 25.2 Å². The molecule has 2 N–H and O–H groups in total. The van der Waals surface area contributed by atoms with Gasteiger partial charge in [-0.15, -0.1) is 0 Å². The molecule has 0 aromatic heterocycles. The number of hydrogen-bond acceptors (Lipinski definition) is 4. The van der Waals surface area contributed by atoms with Gasteiger partial charge in [-0.05, 0) is 26.0 Å². The first-order chi connectivity index (χ1) is 8.87. The van der Waals surface area contributed by atoms with Crippen LogP contribution < -0.4 is 5.73 Å². The molecule has 0 saturated carbocycles. The van der Waals surface area contributed by atoms with Crippen molar-refractivity contribution in [3.63, 3.8) is 0 Å². The molecule has 0 aliphatic carbocycles. The largest absolute Gasteiger partial charge is 0.351 e. The van der Waals surface area contributed by atoms with Crippen molar-refractivity contribution >= 4 is 19.2 Å². The zero-order valence-corrected chi connectivity index (χ0v) is 12.2. The summed E-state index contributed by atoms with van der Waals surface area (Å²) in [5, 5.41) is -0.521. The summed E-state index contributed by atoms with van der Waals surface area (Å²) in [6.45, 7) is 3.28. The van der Waals surface area contributed by atoms with Gasteiger partial charge in [0.1, 0.15) is 17.4 Å². The maximum absolute atomic E-state index is 13.7. The lowest BCUT2D eigenvalue weighted by atomic mass is 10.2. The first-order valence-electron chi connectivity index (χ1n) is 5.65. The van der Waals surface area contributed by atoms with E-state index in [2.05, 4.69) is 0 Å². The lowest BCUT2D eigenvalue weighted by Crippen LogP contribution is -2.17. The third kappa shape index (κ3) is 3.52. The minimum Gasteiger partial charge on any atom is -0.314 e. The van der Waals surface area contributed by atoms with Crippen LogP contribution in [0.15, 0.2) is 12.1 Å². The number of hydrogen-bond donors (Lipinski definition) is 1. The highest BCUT2D eigenvalue weighted by molar-refractivity contribution is 7.54. The van der Waals surface area contributed by atoms with Gasteiger partial charge in [0.25, 0.3) is 0 Å². The second-order valence-electron chi connectivity index (χ2n) is 3.58. The highest BCUT2D eigenvalue weighted by Gasteiger charge is 2.37. The van der Waals surface area contributed by atoms with E-state index in [9.17, 15) is 13.3 Å². The molecule has 1 aromatic rings. The van der Waals surface area contributed by atoms with Gasteiger partial charge in [-0.25, -0.2) is 8.78 Å². The molecule has 1 aromatic carbocycles. The highest BCUT2D eigenvalue weighted by atomic mass is 35.5. The second-order valence-corrected chi connectivity index (χ2v) is 6.11. The number of benzene rings is 1. The fourth-order valence-electron chi connectivity index (χ4n) is 1.53. The Labute approximate surface area is 115 Å². The predicted molar refractivity (Wildman–Crippen MR) is 69.2 cm³/mol.